The number of nitrogens with zero attached hydrogens (tertiary/aromatic N) is 1. The molecular formula is C18H32N2. The van der Waals surface area contributed by atoms with E-state index in [4.69, 9.17) is 0 Å². The fourth-order valence-electron chi connectivity index (χ4n) is 2.54. The van der Waals surface area contributed by atoms with Crippen molar-refractivity contribution in [1.29, 1.82) is 0 Å². The quantitative estimate of drug-likeness (QED) is 0.656. The van der Waals surface area contributed by atoms with Crippen LogP contribution in [-0.2, 0) is 6.42 Å². The molecule has 1 N–H and O–H groups in total. The highest BCUT2D eigenvalue weighted by molar-refractivity contribution is 5.22. The average molecular weight is 276 g/mol. The van der Waals surface area contributed by atoms with Crippen molar-refractivity contribution in [2.45, 2.75) is 53.0 Å². The second-order valence-electron chi connectivity index (χ2n) is 5.76. The molecule has 114 valence electrons. The molecule has 1 aromatic carbocycles. The van der Waals surface area contributed by atoms with Crippen LogP contribution in [0.3, 0.4) is 0 Å². The summed E-state index contributed by atoms with van der Waals surface area (Å²) in [5.41, 5.74) is 2.82. The largest absolute Gasteiger partial charge is 0.314 e. The van der Waals surface area contributed by atoms with Crippen LogP contribution in [0.4, 0.5) is 0 Å². The summed E-state index contributed by atoms with van der Waals surface area (Å²) in [5.74, 6) is 0. The number of hydrogen-bond donors (Lipinski definition) is 1. The zero-order valence-corrected chi connectivity index (χ0v) is 13.8. The minimum atomic E-state index is 0.604. The Kier molecular flexibility index (Phi) is 8.56. The maximum atomic E-state index is 3.64. The van der Waals surface area contributed by atoms with Crippen LogP contribution >= 0.6 is 0 Å². The van der Waals surface area contributed by atoms with Gasteiger partial charge in [-0.05, 0) is 64.9 Å². The monoisotopic (exact) mass is 276 g/mol. The number of aryl methyl sites for hydroxylation is 2. The molecule has 0 amide bonds. The van der Waals surface area contributed by atoms with Crippen molar-refractivity contribution in [3.8, 4) is 0 Å². The summed E-state index contributed by atoms with van der Waals surface area (Å²) >= 11 is 0. The molecule has 2 heteroatoms. The van der Waals surface area contributed by atoms with Crippen LogP contribution in [0.2, 0.25) is 0 Å². The van der Waals surface area contributed by atoms with E-state index >= 15 is 0 Å². The Bertz CT molecular complexity index is 358. The van der Waals surface area contributed by atoms with E-state index in [1.54, 1.807) is 0 Å². The standard InChI is InChI=1S/C18H32N2/c1-5-20(6-2)14-8-13-19-17(4)11-12-18-10-7-9-16(3)15-18/h7,9-10,15,17,19H,5-6,8,11-14H2,1-4H3. The predicted molar refractivity (Wildman–Crippen MR) is 89.4 cm³/mol. The fourth-order valence-corrected chi connectivity index (χ4v) is 2.54. The van der Waals surface area contributed by atoms with Crippen LogP contribution in [0, 0.1) is 6.92 Å². The van der Waals surface area contributed by atoms with Crippen molar-refractivity contribution in [3.05, 3.63) is 35.4 Å². The topological polar surface area (TPSA) is 15.3 Å². The van der Waals surface area contributed by atoms with E-state index in [0.717, 1.165) is 6.54 Å². The van der Waals surface area contributed by atoms with Crippen LogP contribution in [0.1, 0.15) is 44.7 Å². The molecule has 1 aromatic rings. The Morgan fingerprint density at radius 1 is 1.20 bits per heavy atom. The van der Waals surface area contributed by atoms with Crippen LogP contribution in [0.25, 0.3) is 0 Å². The number of hydrogen-bond acceptors (Lipinski definition) is 2. The molecular weight excluding hydrogens is 244 g/mol. The molecule has 1 atom stereocenters. The molecule has 1 rings (SSSR count). The Balaban J connectivity index is 2.13. The summed E-state index contributed by atoms with van der Waals surface area (Å²) in [5, 5.41) is 3.64. The lowest BCUT2D eigenvalue weighted by molar-refractivity contribution is 0.295. The van der Waals surface area contributed by atoms with Gasteiger partial charge in [0, 0.05) is 6.04 Å². The van der Waals surface area contributed by atoms with Gasteiger partial charge in [0.05, 0.1) is 0 Å². The third-order valence-electron chi connectivity index (χ3n) is 3.99. The van der Waals surface area contributed by atoms with Crippen molar-refractivity contribution >= 4 is 0 Å². The minimum Gasteiger partial charge on any atom is -0.314 e. The van der Waals surface area contributed by atoms with E-state index in [0.29, 0.717) is 6.04 Å². The summed E-state index contributed by atoms with van der Waals surface area (Å²) in [6, 6.07) is 9.46. The zero-order valence-electron chi connectivity index (χ0n) is 13.8. The van der Waals surface area contributed by atoms with Gasteiger partial charge in [0.2, 0.25) is 0 Å². The van der Waals surface area contributed by atoms with Gasteiger partial charge in [-0.25, -0.2) is 0 Å². The second kappa shape index (κ2) is 9.95. The Labute approximate surface area is 125 Å². The molecule has 0 spiro atoms. The number of benzene rings is 1. The lowest BCUT2D eigenvalue weighted by Gasteiger charge is -2.19. The number of nitrogens with one attached hydrogen (secondary N) is 1. The van der Waals surface area contributed by atoms with Gasteiger partial charge < -0.3 is 10.2 Å². The van der Waals surface area contributed by atoms with Crippen molar-refractivity contribution in [3.63, 3.8) is 0 Å². The molecule has 0 saturated heterocycles. The smallest absolute Gasteiger partial charge is 0.00419 e. The Morgan fingerprint density at radius 3 is 2.60 bits per heavy atom. The highest BCUT2D eigenvalue weighted by atomic mass is 15.1. The summed E-state index contributed by atoms with van der Waals surface area (Å²) in [4.78, 5) is 2.49. The van der Waals surface area contributed by atoms with Gasteiger partial charge in [-0.1, -0.05) is 43.7 Å². The van der Waals surface area contributed by atoms with Crippen LogP contribution in [-0.4, -0.2) is 37.1 Å². The van der Waals surface area contributed by atoms with Gasteiger partial charge in [-0.3, -0.25) is 0 Å². The zero-order chi connectivity index (χ0) is 14.8. The first-order chi connectivity index (χ1) is 9.65. The first kappa shape index (κ1) is 17.2. The average Bonchev–Trinajstić information content (AvgIpc) is 2.45. The van der Waals surface area contributed by atoms with Crippen molar-refractivity contribution in [2.75, 3.05) is 26.2 Å². The van der Waals surface area contributed by atoms with Crippen molar-refractivity contribution < 1.29 is 0 Å². The fraction of sp³-hybridized carbons (Fsp3) is 0.667. The molecule has 0 aromatic heterocycles. The molecule has 0 heterocycles. The van der Waals surface area contributed by atoms with E-state index in [9.17, 15) is 0 Å². The van der Waals surface area contributed by atoms with Crippen LogP contribution < -0.4 is 5.32 Å². The summed E-state index contributed by atoms with van der Waals surface area (Å²) in [6.45, 7) is 13.6. The molecule has 0 fully saturated rings. The summed E-state index contributed by atoms with van der Waals surface area (Å²) in [7, 11) is 0. The van der Waals surface area contributed by atoms with Gasteiger partial charge in [-0.15, -0.1) is 0 Å². The maximum absolute atomic E-state index is 3.64. The molecule has 0 saturated carbocycles. The van der Waals surface area contributed by atoms with Gasteiger partial charge in [-0.2, -0.15) is 0 Å². The van der Waals surface area contributed by atoms with Crippen LogP contribution in [0.5, 0.6) is 0 Å². The normalized spacial score (nSPS) is 12.8. The summed E-state index contributed by atoms with van der Waals surface area (Å²) < 4.78 is 0. The van der Waals surface area contributed by atoms with E-state index < -0.39 is 0 Å². The molecule has 1 unspecified atom stereocenters. The third-order valence-corrected chi connectivity index (χ3v) is 3.99. The molecule has 2 nitrogen and oxygen atoms in total. The summed E-state index contributed by atoms with van der Waals surface area (Å²) in [6.07, 6.45) is 3.64. The van der Waals surface area contributed by atoms with E-state index in [2.05, 4.69) is 62.2 Å². The molecule has 0 radical (unpaired) electrons. The van der Waals surface area contributed by atoms with Gasteiger partial charge >= 0.3 is 0 Å². The molecule has 0 aliphatic rings. The first-order valence-corrected chi connectivity index (χ1v) is 8.17. The predicted octanol–water partition coefficient (Wildman–Crippen LogP) is 3.64. The van der Waals surface area contributed by atoms with E-state index in [1.165, 1.54) is 50.0 Å². The second-order valence-corrected chi connectivity index (χ2v) is 5.76. The molecule has 0 aliphatic carbocycles. The maximum Gasteiger partial charge on any atom is 0.00419 e. The lowest BCUT2D eigenvalue weighted by Crippen LogP contribution is -2.31. The van der Waals surface area contributed by atoms with Crippen molar-refractivity contribution in [1.82, 2.24) is 10.2 Å². The van der Waals surface area contributed by atoms with Crippen LogP contribution in [0.15, 0.2) is 24.3 Å². The molecule has 20 heavy (non-hydrogen) atoms. The highest BCUT2D eigenvalue weighted by Gasteiger charge is 2.03. The first-order valence-electron chi connectivity index (χ1n) is 8.17. The third kappa shape index (κ3) is 7.06. The lowest BCUT2D eigenvalue weighted by atomic mass is 10.0. The van der Waals surface area contributed by atoms with Gasteiger partial charge in [0.25, 0.3) is 0 Å². The van der Waals surface area contributed by atoms with Crippen molar-refractivity contribution in [2.24, 2.45) is 0 Å². The molecule has 0 bridgehead atoms. The number of rotatable bonds is 10. The Morgan fingerprint density at radius 2 is 1.95 bits per heavy atom. The van der Waals surface area contributed by atoms with Gasteiger partial charge in [0.1, 0.15) is 0 Å². The Hall–Kier alpha value is -0.860. The minimum absolute atomic E-state index is 0.604. The van der Waals surface area contributed by atoms with E-state index in [1.807, 2.05) is 0 Å². The molecule has 0 aliphatic heterocycles. The highest BCUT2D eigenvalue weighted by Crippen LogP contribution is 2.08. The SMILES string of the molecule is CCN(CC)CCCNC(C)CCc1cccc(C)c1. The van der Waals surface area contributed by atoms with Gasteiger partial charge in [0.15, 0.2) is 0 Å². The van der Waals surface area contributed by atoms with E-state index in [-0.39, 0.29) is 0 Å².